The van der Waals surface area contributed by atoms with Gasteiger partial charge in [0.15, 0.2) is 0 Å². The molecule has 0 saturated carbocycles. The second-order valence-corrected chi connectivity index (χ2v) is 5.82. The van der Waals surface area contributed by atoms with Crippen molar-refractivity contribution in [1.82, 2.24) is 0 Å². The Labute approximate surface area is 109 Å². The number of carbonyl (C=O) groups excluding carboxylic acids is 1. The molecule has 0 unspecified atom stereocenters. The second kappa shape index (κ2) is 7.36. The van der Waals surface area contributed by atoms with E-state index in [4.69, 9.17) is 15.6 Å². The summed E-state index contributed by atoms with van der Waals surface area (Å²) in [6, 6.07) is -0.182. The molecule has 18 heavy (non-hydrogen) atoms. The molecule has 0 saturated heterocycles. The lowest BCUT2D eigenvalue weighted by Crippen LogP contribution is -2.27. The molecule has 5 nitrogen and oxygen atoms in total. The molecule has 0 amide bonds. The van der Waals surface area contributed by atoms with Crippen LogP contribution in [0.1, 0.15) is 53.4 Å². The van der Waals surface area contributed by atoms with E-state index in [1.54, 1.807) is 0 Å². The predicted molar refractivity (Wildman–Crippen MR) is 69.1 cm³/mol. The van der Waals surface area contributed by atoms with Crippen LogP contribution in [0.2, 0.25) is 0 Å². The molecule has 0 aromatic carbocycles. The number of ether oxygens (including phenoxy) is 1. The summed E-state index contributed by atoms with van der Waals surface area (Å²) in [7, 11) is 0. The average Bonchev–Trinajstić information content (AvgIpc) is 2.10. The van der Waals surface area contributed by atoms with Gasteiger partial charge in [0.25, 0.3) is 0 Å². The van der Waals surface area contributed by atoms with E-state index < -0.39 is 11.6 Å². The number of carboxylic acid groups (broad SMARTS) is 1. The third kappa shape index (κ3) is 10.1. The molecule has 5 heteroatoms. The number of esters is 1. The van der Waals surface area contributed by atoms with E-state index in [0.29, 0.717) is 19.3 Å². The zero-order valence-electron chi connectivity index (χ0n) is 11.7. The second-order valence-electron chi connectivity index (χ2n) is 5.82. The molecule has 0 radical (unpaired) electrons. The first-order chi connectivity index (χ1) is 8.10. The third-order valence-corrected chi connectivity index (χ3v) is 2.37. The van der Waals surface area contributed by atoms with Gasteiger partial charge in [-0.05, 0) is 39.5 Å². The number of rotatable bonds is 7. The number of carbonyl (C=O) groups is 2. The number of carboxylic acids is 1. The van der Waals surface area contributed by atoms with Crippen LogP contribution < -0.4 is 5.73 Å². The molecule has 0 aliphatic carbocycles. The molecule has 0 rings (SSSR count). The van der Waals surface area contributed by atoms with Gasteiger partial charge in [-0.1, -0.05) is 6.92 Å². The fourth-order valence-corrected chi connectivity index (χ4v) is 1.69. The van der Waals surface area contributed by atoms with Crippen LogP contribution in [0.5, 0.6) is 0 Å². The topological polar surface area (TPSA) is 89.6 Å². The molecule has 2 atom stereocenters. The van der Waals surface area contributed by atoms with Gasteiger partial charge in [-0.3, -0.25) is 9.59 Å². The Morgan fingerprint density at radius 2 is 1.89 bits per heavy atom. The van der Waals surface area contributed by atoms with Gasteiger partial charge >= 0.3 is 11.9 Å². The minimum atomic E-state index is -0.842. The smallest absolute Gasteiger partial charge is 0.306 e. The Morgan fingerprint density at radius 3 is 2.33 bits per heavy atom. The molecular weight excluding hydrogens is 234 g/mol. The van der Waals surface area contributed by atoms with Crippen LogP contribution in [-0.2, 0) is 14.3 Å². The summed E-state index contributed by atoms with van der Waals surface area (Å²) >= 11 is 0. The van der Waals surface area contributed by atoms with Crippen LogP contribution in [0.4, 0.5) is 0 Å². The number of hydrogen-bond acceptors (Lipinski definition) is 4. The summed E-state index contributed by atoms with van der Waals surface area (Å²) in [5, 5.41) is 8.54. The maximum Gasteiger partial charge on any atom is 0.306 e. The Morgan fingerprint density at radius 1 is 1.33 bits per heavy atom. The van der Waals surface area contributed by atoms with Crippen LogP contribution in [-0.4, -0.2) is 28.7 Å². The van der Waals surface area contributed by atoms with Gasteiger partial charge < -0.3 is 15.6 Å². The van der Waals surface area contributed by atoms with Gasteiger partial charge in [0.2, 0.25) is 0 Å². The first kappa shape index (κ1) is 16.9. The Kier molecular flexibility index (Phi) is 6.91. The highest BCUT2D eigenvalue weighted by Crippen LogP contribution is 2.16. The highest BCUT2D eigenvalue weighted by molar-refractivity contribution is 5.70. The molecule has 0 spiro atoms. The first-order valence-corrected chi connectivity index (χ1v) is 6.29. The lowest BCUT2D eigenvalue weighted by molar-refractivity contribution is -0.156. The van der Waals surface area contributed by atoms with E-state index in [1.807, 2.05) is 27.7 Å². The minimum Gasteiger partial charge on any atom is -0.481 e. The minimum absolute atomic E-state index is 0.0698. The summed E-state index contributed by atoms with van der Waals surface area (Å²) in [4.78, 5) is 22.0. The maximum atomic E-state index is 11.6. The molecule has 0 aromatic rings. The van der Waals surface area contributed by atoms with E-state index >= 15 is 0 Å². The van der Waals surface area contributed by atoms with Crippen molar-refractivity contribution >= 4 is 11.9 Å². The van der Waals surface area contributed by atoms with Gasteiger partial charge in [-0.15, -0.1) is 0 Å². The van der Waals surface area contributed by atoms with E-state index in [1.165, 1.54) is 0 Å². The van der Waals surface area contributed by atoms with Crippen molar-refractivity contribution in [1.29, 1.82) is 0 Å². The fourth-order valence-electron chi connectivity index (χ4n) is 1.69. The van der Waals surface area contributed by atoms with Crippen LogP contribution >= 0.6 is 0 Å². The predicted octanol–water partition coefficient (Wildman–Crippen LogP) is 1.94. The van der Waals surface area contributed by atoms with Gasteiger partial charge in [-0.25, -0.2) is 0 Å². The van der Waals surface area contributed by atoms with E-state index in [-0.39, 0.29) is 24.3 Å². The molecule has 106 valence electrons. The van der Waals surface area contributed by atoms with E-state index in [9.17, 15) is 9.59 Å². The molecule has 0 aliphatic heterocycles. The third-order valence-electron chi connectivity index (χ3n) is 2.37. The highest BCUT2D eigenvalue weighted by Gasteiger charge is 2.19. The van der Waals surface area contributed by atoms with Crippen molar-refractivity contribution in [2.75, 3.05) is 0 Å². The Hall–Kier alpha value is -1.10. The number of hydrogen-bond donors (Lipinski definition) is 2. The van der Waals surface area contributed by atoms with Crippen LogP contribution in [0.3, 0.4) is 0 Å². The quantitative estimate of drug-likeness (QED) is 0.682. The van der Waals surface area contributed by atoms with Crippen molar-refractivity contribution in [3.8, 4) is 0 Å². The first-order valence-electron chi connectivity index (χ1n) is 6.29. The summed E-state index contributed by atoms with van der Waals surface area (Å²) < 4.78 is 5.21. The standard InChI is InChI=1S/C13H25NO4/c1-9(7-10(14)5-6-11(15)16)8-12(17)18-13(2,3)4/h9-10H,5-8,14H2,1-4H3,(H,15,16)/t9-,10+/m0/s1. The number of aliphatic carboxylic acids is 1. The molecule has 0 aliphatic rings. The van der Waals surface area contributed by atoms with Crippen LogP contribution in [0.15, 0.2) is 0 Å². The van der Waals surface area contributed by atoms with Crippen molar-refractivity contribution in [3.63, 3.8) is 0 Å². The van der Waals surface area contributed by atoms with E-state index in [0.717, 1.165) is 0 Å². The molecule has 0 aromatic heterocycles. The van der Waals surface area contributed by atoms with Gasteiger partial charge in [-0.2, -0.15) is 0 Å². The molecule has 0 bridgehead atoms. The van der Waals surface area contributed by atoms with Crippen molar-refractivity contribution in [2.24, 2.45) is 11.7 Å². The van der Waals surface area contributed by atoms with E-state index in [2.05, 4.69) is 0 Å². The van der Waals surface area contributed by atoms with Crippen molar-refractivity contribution in [2.45, 2.75) is 65.0 Å². The summed E-state index contributed by atoms with van der Waals surface area (Å²) in [6.45, 7) is 7.40. The highest BCUT2D eigenvalue weighted by atomic mass is 16.6. The molecule has 0 fully saturated rings. The molecule has 3 N–H and O–H groups in total. The van der Waals surface area contributed by atoms with Gasteiger partial charge in [0, 0.05) is 18.9 Å². The SMILES string of the molecule is C[C@H](CC(=O)OC(C)(C)C)C[C@H](N)CCC(=O)O. The lowest BCUT2D eigenvalue weighted by Gasteiger charge is -2.22. The summed E-state index contributed by atoms with van der Waals surface area (Å²) in [6.07, 6.45) is 1.46. The summed E-state index contributed by atoms with van der Waals surface area (Å²) in [5.41, 5.74) is 5.34. The zero-order chi connectivity index (χ0) is 14.3. The van der Waals surface area contributed by atoms with Crippen LogP contribution in [0.25, 0.3) is 0 Å². The molecular formula is C13H25NO4. The van der Waals surface area contributed by atoms with Gasteiger partial charge in [0.1, 0.15) is 5.60 Å². The van der Waals surface area contributed by atoms with Crippen LogP contribution in [0, 0.1) is 5.92 Å². The lowest BCUT2D eigenvalue weighted by atomic mass is 9.96. The molecule has 0 heterocycles. The monoisotopic (exact) mass is 259 g/mol. The largest absolute Gasteiger partial charge is 0.481 e. The van der Waals surface area contributed by atoms with Crippen molar-refractivity contribution < 1.29 is 19.4 Å². The zero-order valence-corrected chi connectivity index (χ0v) is 11.7. The Balaban J connectivity index is 3.92. The van der Waals surface area contributed by atoms with Crippen molar-refractivity contribution in [3.05, 3.63) is 0 Å². The average molecular weight is 259 g/mol. The normalized spacial score (nSPS) is 14.9. The fraction of sp³-hybridized carbons (Fsp3) is 0.846. The Bertz CT molecular complexity index is 283. The summed E-state index contributed by atoms with van der Waals surface area (Å²) in [5.74, 6) is -0.977. The number of nitrogens with two attached hydrogens (primary N) is 1. The maximum absolute atomic E-state index is 11.6. The van der Waals surface area contributed by atoms with Gasteiger partial charge in [0.05, 0.1) is 0 Å².